The number of benzene rings is 2. The third-order valence-corrected chi connectivity index (χ3v) is 11.5. The molecule has 1 saturated heterocycles. The van der Waals surface area contributed by atoms with Crippen molar-refractivity contribution in [3.05, 3.63) is 84.1 Å². The van der Waals surface area contributed by atoms with Crippen LogP contribution < -0.4 is 9.61 Å². The molecule has 7 atom stereocenters. The zero-order valence-electron chi connectivity index (χ0n) is 21.6. The first kappa shape index (κ1) is 26.8. The SMILES string of the molecule is O=C(O)CN1C(=O)[C@@H]2[C@H]3C[C@@H]([C@H]4Sc5[nH]c(=O)sc5[C@H](c5cc([N+](=O)[O-])ccc5OCc5ccc(F)cc5)[C@@H]34)[C@H]2C1=O. The number of hydrogen-bond acceptors (Lipinski definition) is 9. The van der Waals surface area contributed by atoms with Crippen molar-refractivity contribution < 1.29 is 33.5 Å². The zero-order valence-corrected chi connectivity index (χ0v) is 23.2. The number of H-pyrrole nitrogens is 1. The van der Waals surface area contributed by atoms with Gasteiger partial charge in [0.2, 0.25) is 11.8 Å². The lowest BCUT2D eigenvalue weighted by Crippen LogP contribution is -2.42. The van der Waals surface area contributed by atoms with Crippen molar-refractivity contribution in [1.29, 1.82) is 0 Å². The van der Waals surface area contributed by atoms with E-state index in [-0.39, 0.29) is 40.2 Å². The second-order valence-corrected chi connectivity index (χ2v) is 13.2. The van der Waals surface area contributed by atoms with Gasteiger partial charge in [0.25, 0.3) is 5.69 Å². The molecule has 3 fully saturated rings. The molecule has 2 aliphatic heterocycles. The number of amides is 2. The van der Waals surface area contributed by atoms with Gasteiger partial charge in [-0.15, -0.1) is 11.8 Å². The number of carboxylic acids is 1. The maximum atomic E-state index is 13.4. The summed E-state index contributed by atoms with van der Waals surface area (Å²) in [5.41, 5.74) is 1.00. The topological polar surface area (TPSA) is 160 Å². The van der Waals surface area contributed by atoms with E-state index in [0.717, 1.165) is 16.2 Å². The van der Waals surface area contributed by atoms with Crippen LogP contribution >= 0.6 is 23.1 Å². The largest absolute Gasteiger partial charge is 0.489 e. The number of aromatic nitrogens is 1. The molecular formula is C28H22FN3O8S2. The number of ether oxygens (including phenoxy) is 1. The lowest BCUT2D eigenvalue weighted by molar-refractivity contribution is -0.385. The number of rotatable bonds is 7. The summed E-state index contributed by atoms with van der Waals surface area (Å²) < 4.78 is 19.6. The molecule has 2 N–H and O–H groups in total. The van der Waals surface area contributed by atoms with Gasteiger partial charge >= 0.3 is 10.8 Å². The number of nitrogens with zero attached hydrogens (tertiary/aromatic N) is 2. The number of carbonyl (C=O) groups excluding carboxylic acids is 2. The van der Waals surface area contributed by atoms with E-state index < -0.39 is 52.8 Å². The summed E-state index contributed by atoms with van der Waals surface area (Å²) in [4.78, 5) is 66.2. The maximum Gasteiger partial charge on any atom is 0.323 e. The molecular weight excluding hydrogens is 589 g/mol. The van der Waals surface area contributed by atoms with Gasteiger partial charge in [0.05, 0.1) is 21.8 Å². The third-order valence-electron chi connectivity index (χ3n) is 8.96. The van der Waals surface area contributed by atoms with Crippen LogP contribution in [0.1, 0.15) is 28.3 Å². The van der Waals surface area contributed by atoms with Crippen LogP contribution in [0.2, 0.25) is 0 Å². The van der Waals surface area contributed by atoms with Crippen molar-refractivity contribution >= 4 is 46.6 Å². The summed E-state index contributed by atoms with van der Waals surface area (Å²) in [6, 6.07) is 10.0. The Morgan fingerprint density at radius 2 is 1.83 bits per heavy atom. The Kier molecular flexibility index (Phi) is 6.24. The van der Waals surface area contributed by atoms with Gasteiger partial charge in [0, 0.05) is 33.7 Å². The van der Waals surface area contributed by atoms with Gasteiger partial charge in [-0.05, 0) is 47.9 Å². The van der Waals surface area contributed by atoms with Gasteiger partial charge < -0.3 is 14.8 Å². The lowest BCUT2D eigenvalue weighted by atomic mass is 9.68. The quantitative estimate of drug-likeness (QED) is 0.231. The van der Waals surface area contributed by atoms with Crippen LogP contribution in [0.15, 0.2) is 52.3 Å². The number of nitro benzene ring substituents is 1. The number of imide groups is 1. The smallest absolute Gasteiger partial charge is 0.323 e. The third kappa shape index (κ3) is 4.07. The van der Waals surface area contributed by atoms with E-state index in [2.05, 4.69) is 4.98 Å². The molecule has 0 unspecified atom stereocenters. The second kappa shape index (κ2) is 9.76. The number of aromatic amines is 1. The number of thiazole rings is 1. The minimum absolute atomic E-state index is 0.0603. The van der Waals surface area contributed by atoms with E-state index in [4.69, 9.17) is 4.74 Å². The minimum Gasteiger partial charge on any atom is -0.489 e. The number of carbonyl (C=O) groups is 3. The van der Waals surface area contributed by atoms with Crippen molar-refractivity contribution in [2.75, 3.05) is 6.54 Å². The van der Waals surface area contributed by atoms with Gasteiger partial charge in [-0.1, -0.05) is 23.5 Å². The molecule has 2 aliphatic carbocycles. The summed E-state index contributed by atoms with van der Waals surface area (Å²) in [7, 11) is 0. The van der Waals surface area contributed by atoms with Gasteiger partial charge in [-0.25, -0.2) is 4.39 Å². The van der Waals surface area contributed by atoms with Crippen LogP contribution in [0.25, 0.3) is 0 Å². The van der Waals surface area contributed by atoms with E-state index in [1.807, 2.05) is 0 Å². The molecule has 2 bridgehead atoms. The summed E-state index contributed by atoms with van der Waals surface area (Å²) in [5, 5.41) is 21.6. The Morgan fingerprint density at radius 3 is 2.52 bits per heavy atom. The highest BCUT2D eigenvalue weighted by Gasteiger charge is 2.69. The highest BCUT2D eigenvalue weighted by atomic mass is 32.2. The number of thioether (sulfide) groups is 1. The summed E-state index contributed by atoms with van der Waals surface area (Å²) in [5.74, 6) is -4.96. The minimum atomic E-state index is -1.27. The summed E-state index contributed by atoms with van der Waals surface area (Å²) in [6.07, 6.45) is 0.576. The van der Waals surface area contributed by atoms with E-state index in [9.17, 15) is 38.8 Å². The van der Waals surface area contributed by atoms with Crippen molar-refractivity contribution in [3.8, 4) is 5.75 Å². The second-order valence-electron chi connectivity index (χ2n) is 11.0. The average Bonchev–Trinajstić information content (AvgIpc) is 3.68. The number of likely N-dealkylation sites (tertiary alicyclic amines) is 1. The van der Waals surface area contributed by atoms with E-state index in [1.165, 1.54) is 42.1 Å². The molecule has 2 aromatic carbocycles. The normalized spacial score (nSPS) is 28.9. The van der Waals surface area contributed by atoms with Gasteiger partial charge in [-0.3, -0.25) is 34.2 Å². The van der Waals surface area contributed by atoms with Gasteiger partial charge in [-0.2, -0.15) is 0 Å². The Hall–Kier alpha value is -4.04. The summed E-state index contributed by atoms with van der Waals surface area (Å²) >= 11 is 2.46. The number of halogens is 1. The molecule has 0 spiro atoms. The highest BCUT2D eigenvalue weighted by Crippen LogP contribution is 2.69. The number of non-ortho nitro benzene ring substituents is 1. The predicted molar refractivity (Wildman–Crippen MR) is 147 cm³/mol. The fraction of sp³-hybridized carbons (Fsp3) is 0.357. The monoisotopic (exact) mass is 611 g/mol. The highest BCUT2D eigenvalue weighted by molar-refractivity contribution is 8.00. The lowest BCUT2D eigenvalue weighted by Gasteiger charge is -2.43. The molecule has 2 amide bonds. The molecule has 3 heterocycles. The molecule has 42 heavy (non-hydrogen) atoms. The Bertz CT molecular complexity index is 1720. The van der Waals surface area contributed by atoms with Gasteiger partial charge in [0.15, 0.2) is 0 Å². The van der Waals surface area contributed by atoms with Crippen LogP contribution in [-0.2, 0) is 21.0 Å². The van der Waals surface area contributed by atoms with Crippen molar-refractivity contribution in [1.82, 2.24) is 9.88 Å². The Balaban J connectivity index is 1.32. The number of carboxylic acid groups (broad SMARTS) is 1. The maximum absolute atomic E-state index is 13.4. The summed E-state index contributed by atoms with van der Waals surface area (Å²) in [6.45, 7) is -0.631. The van der Waals surface area contributed by atoms with Crippen LogP contribution in [0, 0.1) is 45.5 Å². The molecule has 7 rings (SSSR count). The number of aliphatic carboxylic acids is 1. The molecule has 216 valence electrons. The first-order valence-electron chi connectivity index (χ1n) is 13.2. The zero-order chi connectivity index (χ0) is 29.4. The van der Waals surface area contributed by atoms with E-state index in [0.29, 0.717) is 33.2 Å². The number of nitrogens with one attached hydrogen (secondary N) is 1. The first-order chi connectivity index (χ1) is 20.1. The average molecular weight is 612 g/mol. The standard InChI is InChI=1S/C28H22FN3O8S2/c29-12-3-1-11(2-4-12)10-40-17-6-5-13(32(38)39)7-14(17)19-20-15-8-16(23(20)41-25-24(19)42-28(37)30-25)22-21(15)26(35)31(27(22)36)9-18(33)34/h1-7,15-16,19-23H,8-10H2,(H,30,37)(H,33,34)/t15-,16+,19+,20+,21+,22+,23+/m0/s1. The van der Waals surface area contributed by atoms with Crippen LogP contribution in [0.3, 0.4) is 0 Å². The first-order valence-corrected chi connectivity index (χ1v) is 14.9. The predicted octanol–water partition coefficient (Wildman–Crippen LogP) is 3.62. The van der Waals surface area contributed by atoms with Crippen molar-refractivity contribution in [2.45, 2.75) is 29.2 Å². The van der Waals surface area contributed by atoms with Gasteiger partial charge in [0.1, 0.15) is 24.7 Å². The van der Waals surface area contributed by atoms with Crippen LogP contribution in [0.4, 0.5) is 10.1 Å². The number of hydrogen-bond donors (Lipinski definition) is 2. The molecule has 2 saturated carbocycles. The van der Waals surface area contributed by atoms with Crippen molar-refractivity contribution in [2.24, 2.45) is 29.6 Å². The number of nitro groups is 1. The van der Waals surface area contributed by atoms with Crippen LogP contribution in [0.5, 0.6) is 5.75 Å². The number of fused-ring (bicyclic) bond motifs is 9. The molecule has 4 aliphatic rings. The molecule has 0 radical (unpaired) electrons. The van der Waals surface area contributed by atoms with E-state index in [1.54, 1.807) is 12.1 Å². The Labute approximate surface area is 244 Å². The molecule has 3 aromatic rings. The molecule has 14 heteroatoms. The Morgan fingerprint density at radius 1 is 1.12 bits per heavy atom. The van der Waals surface area contributed by atoms with Crippen molar-refractivity contribution in [3.63, 3.8) is 0 Å². The fourth-order valence-corrected chi connectivity index (χ4v) is 10.4. The van der Waals surface area contributed by atoms with E-state index >= 15 is 0 Å². The van der Waals surface area contributed by atoms with Crippen LogP contribution in [-0.4, -0.2) is 49.5 Å². The fourth-order valence-electron chi connectivity index (χ4n) is 7.48. The molecule has 11 nitrogen and oxygen atoms in total. The molecule has 1 aromatic heterocycles.